The maximum atomic E-state index is 12.2. The maximum absolute atomic E-state index is 12.2. The average Bonchev–Trinajstić information content (AvgIpc) is 2.94. The van der Waals surface area contributed by atoms with Gasteiger partial charge in [0.05, 0.1) is 24.1 Å². The van der Waals surface area contributed by atoms with Crippen molar-refractivity contribution >= 4 is 0 Å². The van der Waals surface area contributed by atoms with Crippen molar-refractivity contribution in [2.75, 3.05) is 0 Å². The van der Waals surface area contributed by atoms with Crippen molar-refractivity contribution < 1.29 is 19.7 Å². The van der Waals surface area contributed by atoms with Crippen LogP contribution in [0.5, 0.6) is 0 Å². The van der Waals surface area contributed by atoms with E-state index >= 15 is 0 Å². The normalized spacial score (nSPS) is 51.8. The van der Waals surface area contributed by atoms with Crippen LogP contribution in [0.15, 0.2) is 27.6 Å². The van der Waals surface area contributed by atoms with Crippen molar-refractivity contribution in [3.8, 4) is 0 Å². The van der Waals surface area contributed by atoms with Crippen LogP contribution in [0, 0.1) is 28.6 Å². The molecule has 0 bridgehead atoms. The zero-order valence-electron chi connectivity index (χ0n) is 17.5. The van der Waals surface area contributed by atoms with Crippen molar-refractivity contribution in [1.29, 1.82) is 0 Å². The number of hydrogen-bond acceptors (Lipinski definition) is 5. The molecule has 160 valence electrons. The highest BCUT2D eigenvalue weighted by Gasteiger charge is 2.69. The van der Waals surface area contributed by atoms with Gasteiger partial charge in [-0.15, -0.1) is 0 Å². The van der Waals surface area contributed by atoms with E-state index in [9.17, 15) is 20.1 Å². The Morgan fingerprint density at radius 3 is 2.59 bits per heavy atom. The summed E-state index contributed by atoms with van der Waals surface area (Å²) in [5.41, 5.74) is -0.681. The SMILES string of the molecule is C[C@@]12CC[C@@H](O)C[C@@H]1CCC1C2[C@@H](O)C[C@@]2(C)[C@H](c3ccc(=O)oc3)CC[C@@]12O. The van der Waals surface area contributed by atoms with Crippen LogP contribution in [0.4, 0.5) is 0 Å². The quantitative estimate of drug-likeness (QED) is 0.671. The summed E-state index contributed by atoms with van der Waals surface area (Å²) in [6.45, 7) is 4.43. The lowest BCUT2D eigenvalue weighted by molar-refractivity contribution is -0.239. The van der Waals surface area contributed by atoms with E-state index in [-0.39, 0.29) is 34.9 Å². The lowest BCUT2D eigenvalue weighted by Gasteiger charge is -2.65. The molecular weight excluding hydrogens is 368 g/mol. The van der Waals surface area contributed by atoms with Gasteiger partial charge in [-0.05, 0) is 92.1 Å². The zero-order chi connectivity index (χ0) is 20.6. The van der Waals surface area contributed by atoms with E-state index in [0.29, 0.717) is 12.3 Å². The minimum atomic E-state index is -0.818. The molecule has 3 N–H and O–H groups in total. The summed E-state index contributed by atoms with van der Waals surface area (Å²) in [5.74, 6) is 0.662. The molecule has 0 aliphatic heterocycles. The van der Waals surface area contributed by atoms with Gasteiger partial charge in [0.25, 0.3) is 0 Å². The maximum Gasteiger partial charge on any atom is 0.335 e. The molecule has 0 saturated heterocycles. The van der Waals surface area contributed by atoms with Crippen LogP contribution in [-0.4, -0.2) is 33.1 Å². The van der Waals surface area contributed by atoms with Gasteiger partial charge in [-0.3, -0.25) is 0 Å². The molecule has 4 aliphatic rings. The molecule has 5 nitrogen and oxygen atoms in total. The van der Waals surface area contributed by atoms with Crippen molar-refractivity contribution in [1.82, 2.24) is 0 Å². The van der Waals surface area contributed by atoms with Crippen LogP contribution in [-0.2, 0) is 0 Å². The molecule has 0 radical (unpaired) electrons. The summed E-state index contributed by atoms with van der Waals surface area (Å²) in [6, 6.07) is 3.28. The van der Waals surface area contributed by atoms with E-state index < -0.39 is 17.1 Å². The van der Waals surface area contributed by atoms with Gasteiger partial charge >= 0.3 is 5.63 Å². The van der Waals surface area contributed by atoms with Gasteiger partial charge in [-0.1, -0.05) is 13.8 Å². The fourth-order valence-corrected chi connectivity index (χ4v) is 8.41. The standard InChI is InChI=1S/C24H34O5/c1-22-9-7-16(25)11-15(22)4-5-18-21(22)19(26)12-23(2)17(8-10-24(18,23)28)14-3-6-20(27)29-13-14/h3,6,13,15-19,21,25-26,28H,4-5,7-12H2,1-2H3/t15-,16+,17-,18?,19-,21?,22+,23-,24+/m0/s1. The van der Waals surface area contributed by atoms with E-state index in [4.69, 9.17) is 4.42 Å². The number of aliphatic hydroxyl groups is 3. The molecular formula is C24H34O5. The highest BCUT2D eigenvalue weighted by atomic mass is 16.4. The molecule has 0 spiro atoms. The zero-order valence-corrected chi connectivity index (χ0v) is 17.5. The Kier molecular flexibility index (Phi) is 4.37. The van der Waals surface area contributed by atoms with Crippen molar-refractivity contribution in [3.05, 3.63) is 34.4 Å². The molecule has 1 aromatic rings. The van der Waals surface area contributed by atoms with Crippen LogP contribution >= 0.6 is 0 Å². The van der Waals surface area contributed by atoms with Crippen molar-refractivity contribution in [2.45, 2.75) is 88.9 Å². The molecule has 5 heteroatoms. The molecule has 9 atom stereocenters. The Morgan fingerprint density at radius 1 is 1.07 bits per heavy atom. The fourth-order valence-electron chi connectivity index (χ4n) is 8.41. The molecule has 0 amide bonds. The second-order valence-corrected chi connectivity index (χ2v) is 10.9. The molecule has 29 heavy (non-hydrogen) atoms. The Labute approximate surface area is 172 Å². The molecule has 1 heterocycles. The summed E-state index contributed by atoms with van der Waals surface area (Å²) in [4.78, 5) is 11.4. The van der Waals surface area contributed by atoms with Crippen LogP contribution in [0.1, 0.15) is 76.7 Å². The summed E-state index contributed by atoms with van der Waals surface area (Å²) in [5, 5.41) is 33.8. The van der Waals surface area contributed by atoms with E-state index in [1.165, 1.54) is 6.07 Å². The minimum absolute atomic E-state index is 0.0176. The number of rotatable bonds is 1. The van der Waals surface area contributed by atoms with Crippen LogP contribution in [0.25, 0.3) is 0 Å². The third-order valence-electron chi connectivity index (χ3n) is 9.89. The molecule has 4 saturated carbocycles. The Morgan fingerprint density at radius 2 is 1.86 bits per heavy atom. The third-order valence-corrected chi connectivity index (χ3v) is 9.89. The topological polar surface area (TPSA) is 90.9 Å². The third kappa shape index (κ3) is 2.60. The van der Waals surface area contributed by atoms with Crippen LogP contribution in [0.3, 0.4) is 0 Å². The highest BCUT2D eigenvalue weighted by molar-refractivity contribution is 5.28. The first-order valence-electron chi connectivity index (χ1n) is 11.4. The summed E-state index contributed by atoms with van der Waals surface area (Å²) in [7, 11) is 0. The summed E-state index contributed by atoms with van der Waals surface area (Å²) >= 11 is 0. The first-order chi connectivity index (χ1) is 13.7. The van der Waals surface area contributed by atoms with E-state index in [0.717, 1.165) is 50.5 Å². The lowest BCUT2D eigenvalue weighted by atomic mass is 9.42. The second kappa shape index (κ2) is 6.41. The number of hydrogen-bond donors (Lipinski definition) is 3. The van der Waals surface area contributed by atoms with Gasteiger partial charge in [0, 0.05) is 11.5 Å². The Hall–Kier alpha value is -1.17. The monoisotopic (exact) mass is 402 g/mol. The summed E-state index contributed by atoms with van der Waals surface area (Å²) < 4.78 is 5.14. The first kappa shape index (κ1) is 19.8. The van der Waals surface area contributed by atoms with Gasteiger partial charge in [0.2, 0.25) is 0 Å². The van der Waals surface area contributed by atoms with Gasteiger partial charge in [-0.2, -0.15) is 0 Å². The van der Waals surface area contributed by atoms with Crippen LogP contribution in [0.2, 0.25) is 0 Å². The molecule has 4 aliphatic carbocycles. The van der Waals surface area contributed by atoms with Gasteiger partial charge in [0.15, 0.2) is 0 Å². The molecule has 1 aromatic heterocycles. The van der Waals surface area contributed by atoms with Crippen molar-refractivity contribution in [2.24, 2.45) is 28.6 Å². The predicted octanol–water partition coefficient (Wildman–Crippen LogP) is 3.21. The van der Waals surface area contributed by atoms with Gasteiger partial charge in [-0.25, -0.2) is 4.79 Å². The Balaban J connectivity index is 1.52. The predicted molar refractivity (Wildman–Crippen MR) is 108 cm³/mol. The Bertz CT molecular complexity index is 829. The summed E-state index contributed by atoms with van der Waals surface area (Å²) in [6.07, 6.45) is 7.49. The van der Waals surface area contributed by atoms with Gasteiger partial charge in [0.1, 0.15) is 0 Å². The number of fused-ring (bicyclic) bond motifs is 5. The lowest BCUT2D eigenvalue weighted by Crippen LogP contribution is -2.66. The fraction of sp³-hybridized carbons (Fsp3) is 0.792. The van der Waals surface area contributed by atoms with E-state index in [2.05, 4.69) is 13.8 Å². The smallest absolute Gasteiger partial charge is 0.335 e. The molecule has 0 aromatic carbocycles. The molecule has 4 fully saturated rings. The second-order valence-electron chi connectivity index (χ2n) is 10.9. The molecule has 2 unspecified atom stereocenters. The van der Waals surface area contributed by atoms with E-state index in [1.807, 2.05) is 6.07 Å². The first-order valence-corrected chi connectivity index (χ1v) is 11.4. The highest BCUT2D eigenvalue weighted by Crippen LogP contribution is 2.70. The minimum Gasteiger partial charge on any atom is -0.431 e. The van der Waals surface area contributed by atoms with Crippen molar-refractivity contribution in [3.63, 3.8) is 0 Å². The number of aliphatic hydroxyl groups excluding tert-OH is 2. The van der Waals surface area contributed by atoms with Gasteiger partial charge < -0.3 is 19.7 Å². The average molecular weight is 403 g/mol. The van der Waals surface area contributed by atoms with Crippen LogP contribution < -0.4 is 5.63 Å². The van der Waals surface area contributed by atoms with E-state index in [1.54, 1.807) is 6.26 Å². The largest absolute Gasteiger partial charge is 0.431 e. The molecule has 5 rings (SSSR count).